The topological polar surface area (TPSA) is 47.2 Å². The molecule has 0 saturated heterocycles. The summed E-state index contributed by atoms with van der Waals surface area (Å²) in [5.41, 5.74) is 4.25. The first-order valence-electron chi connectivity index (χ1n) is 8.62. The predicted molar refractivity (Wildman–Crippen MR) is 101 cm³/mol. The number of aromatic nitrogens is 2. The predicted octanol–water partition coefficient (Wildman–Crippen LogP) is 4.04. The van der Waals surface area contributed by atoms with Crippen molar-refractivity contribution in [2.45, 2.75) is 25.7 Å². The summed E-state index contributed by atoms with van der Waals surface area (Å²) < 4.78 is 1.93. The van der Waals surface area contributed by atoms with Crippen LogP contribution in [-0.2, 0) is 7.05 Å². The lowest BCUT2D eigenvalue weighted by atomic mass is 9.96. The second kappa shape index (κ2) is 5.96. The van der Waals surface area contributed by atoms with Crippen LogP contribution in [0.1, 0.15) is 51.9 Å². The molecule has 25 heavy (non-hydrogen) atoms. The Bertz CT molecular complexity index is 1010. The van der Waals surface area contributed by atoms with Gasteiger partial charge in [0.1, 0.15) is 17.2 Å². The highest BCUT2D eigenvalue weighted by atomic mass is 16.1. The third kappa shape index (κ3) is 2.58. The molecule has 1 aliphatic rings. The summed E-state index contributed by atoms with van der Waals surface area (Å²) in [5, 5.41) is 2.37. The molecule has 2 aromatic carbocycles. The van der Waals surface area contributed by atoms with Crippen LogP contribution >= 0.6 is 0 Å². The van der Waals surface area contributed by atoms with Gasteiger partial charge in [-0.05, 0) is 42.2 Å². The molecule has 1 fully saturated rings. The maximum Gasteiger partial charge on any atom is 0.168 e. The average molecular weight is 331 g/mol. The van der Waals surface area contributed by atoms with Crippen molar-refractivity contribution in [2.75, 3.05) is 7.05 Å². The Hall–Kier alpha value is -2.75. The smallest absolute Gasteiger partial charge is 0.168 e. The molecule has 0 spiro atoms. The number of aliphatic imine (C=N–C) groups is 1. The van der Waals surface area contributed by atoms with Crippen molar-refractivity contribution in [3.8, 4) is 0 Å². The van der Waals surface area contributed by atoms with Gasteiger partial charge in [0.25, 0.3) is 0 Å². The molecule has 1 aliphatic carbocycles. The monoisotopic (exact) mass is 331 g/mol. The number of aldehydes is 1. The molecule has 0 atom stereocenters. The van der Waals surface area contributed by atoms with Crippen LogP contribution in [0.15, 0.2) is 41.4 Å². The molecule has 0 amide bonds. The fraction of sp³-hybridized carbons (Fsp3) is 0.286. The molecule has 126 valence electrons. The number of fused-ring (bicyclic) bond motifs is 1. The van der Waals surface area contributed by atoms with Crippen molar-refractivity contribution in [3.63, 3.8) is 0 Å². The molecule has 1 saturated carbocycles. The van der Waals surface area contributed by atoms with E-state index in [9.17, 15) is 4.79 Å². The molecule has 0 unspecified atom stereocenters. The standard InChI is InChI=1S/C21H21N3O/c1-13-10-15-6-4-5-7-16(15)11-17(13)19(22-2)20-18(12-25)24(3)21(23-20)14-8-9-14/h4-7,10-12,14H,8-9H2,1-3H3. The number of carbonyl (C=O) groups is 1. The Morgan fingerprint density at radius 2 is 1.92 bits per heavy atom. The van der Waals surface area contributed by atoms with E-state index in [1.165, 1.54) is 5.39 Å². The summed E-state index contributed by atoms with van der Waals surface area (Å²) in [6.45, 7) is 2.08. The molecule has 1 heterocycles. The maximum absolute atomic E-state index is 11.7. The fourth-order valence-corrected chi connectivity index (χ4v) is 3.51. The Labute approximate surface area is 147 Å². The van der Waals surface area contributed by atoms with Crippen molar-refractivity contribution in [2.24, 2.45) is 12.0 Å². The van der Waals surface area contributed by atoms with E-state index in [-0.39, 0.29) is 0 Å². The SMILES string of the molecule is CN=C(c1cc2ccccc2cc1C)c1nc(C2CC2)n(C)c1C=O. The second-order valence-electron chi connectivity index (χ2n) is 6.74. The third-order valence-corrected chi connectivity index (χ3v) is 5.02. The molecule has 0 aliphatic heterocycles. The first-order valence-corrected chi connectivity index (χ1v) is 8.62. The second-order valence-corrected chi connectivity index (χ2v) is 6.74. The van der Waals surface area contributed by atoms with Gasteiger partial charge in [-0.15, -0.1) is 0 Å². The number of aryl methyl sites for hydroxylation is 1. The van der Waals surface area contributed by atoms with Gasteiger partial charge in [-0.1, -0.05) is 30.3 Å². The molecule has 0 N–H and O–H groups in total. The summed E-state index contributed by atoms with van der Waals surface area (Å²) in [5.74, 6) is 1.48. The molecule has 0 bridgehead atoms. The number of rotatable bonds is 4. The van der Waals surface area contributed by atoms with Crippen LogP contribution < -0.4 is 0 Å². The minimum Gasteiger partial charge on any atom is -0.328 e. The highest BCUT2D eigenvalue weighted by Gasteiger charge is 2.31. The highest BCUT2D eigenvalue weighted by Crippen LogP contribution is 2.40. The molecule has 1 aromatic heterocycles. The van der Waals surface area contributed by atoms with Crippen molar-refractivity contribution in [3.05, 3.63) is 64.7 Å². The zero-order valence-corrected chi connectivity index (χ0v) is 14.8. The van der Waals surface area contributed by atoms with Crippen LogP contribution in [0.25, 0.3) is 10.8 Å². The summed E-state index contributed by atoms with van der Waals surface area (Å²) in [4.78, 5) is 21.1. The Morgan fingerprint density at radius 3 is 2.52 bits per heavy atom. The van der Waals surface area contributed by atoms with Gasteiger partial charge in [0, 0.05) is 25.6 Å². The summed E-state index contributed by atoms with van der Waals surface area (Å²) >= 11 is 0. The molecular formula is C21H21N3O. The molecule has 0 radical (unpaired) electrons. The fourth-order valence-electron chi connectivity index (χ4n) is 3.51. The van der Waals surface area contributed by atoms with Gasteiger partial charge in [-0.3, -0.25) is 9.79 Å². The lowest BCUT2D eigenvalue weighted by Crippen LogP contribution is -2.10. The van der Waals surface area contributed by atoms with Gasteiger partial charge in [0.05, 0.1) is 5.71 Å². The number of benzene rings is 2. The van der Waals surface area contributed by atoms with E-state index in [0.29, 0.717) is 17.3 Å². The van der Waals surface area contributed by atoms with E-state index in [1.54, 1.807) is 7.05 Å². The first-order chi connectivity index (χ1) is 12.1. The first kappa shape index (κ1) is 15.8. The number of hydrogen-bond acceptors (Lipinski definition) is 3. The van der Waals surface area contributed by atoms with Crippen LogP contribution in [0.5, 0.6) is 0 Å². The molecule has 4 nitrogen and oxygen atoms in total. The average Bonchev–Trinajstić information content (AvgIpc) is 3.40. The maximum atomic E-state index is 11.7. The van der Waals surface area contributed by atoms with Crippen LogP contribution in [-0.4, -0.2) is 28.6 Å². The summed E-state index contributed by atoms with van der Waals surface area (Å²) in [7, 11) is 3.69. The zero-order valence-electron chi connectivity index (χ0n) is 14.8. The third-order valence-electron chi connectivity index (χ3n) is 5.02. The van der Waals surface area contributed by atoms with E-state index in [2.05, 4.69) is 36.2 Å². The van der Waals surface area contributed by atoms with Crippen molar-refractivity contribution in [1.82, 2.24) is 9.55 Å². The minimum absolute atomic E-state index is 0.480. The van der Waals surface area contributed by atoms with E-state index < -0.39 is 0 Å². The van der Waals surface area contributed by atoms with Gasteiger partial charge >= 0.3 is 0 Å². The molecule has 3 aromatic rings. The Morgan fingerprint density at radius 1 is 1.24 bits per heavy atom. The Balaban J connectivity index is 1.91. The van der Waals surface area contributed by atoms with E-state index in [0.717, 1.165) is 47.2 Å². The Kier molecular flexibility index (Phi) is 3.75. The van der Waals surface area contributed by atoms with Crippen LogP contribution in [0.4, 0.5) is 0 Å². The van der Waals surface area contributed by atoms with Crippen molar-refractivity contribution < 1.29 is 4.79 Å². The zero-order chi connectivity index (χ0) is 17.6. The van der Waals surface area contributed by atoms with Gasteiger partial charge < -0.3 is 4.57 Å². The summed E-state index contributed by atoms with van der Waals surface area (Å²) in [6, 6.07) is 12.6. The van der Waals surface area contributed by atoms with Gasteiger partial charge in [-0.2, -0.15) is 0 Å². The molecular weight excluding hydrogens is 310 g/mol. The molecule has 4 rings (SSSR count). The quantitative estimate of drug-likeness (QED) is 0.535. The number of imidazole rings is 1. The van der Waals surface area contributed by atoms with E-state index in [1.807, 2.05) is 23.7 Å². The van der Waals surface area contributed by atoms with Gasteiger partial charge in [-0.25, -0.2) is 4.98 Å². The van der Waals surface area contributed by atoms with Crippen molar-refractivity contribution >= 4 is 22.8 Å². The van der Waals surface area contributed by atoms with Gasteiger partial charge in [0.2, 0.25) is 0 Å². The van der Waals surface area contributed by atoms with Crippen LogP contribution in [0, 0.1) is 6.92 Å². The van der Waals surface area contributed by atoms with Crippen molar-refractivity contribution in [1.29, 1.82) is 0 Å². The molecule has 4 heteroatoms. The lowest BCUT2D eigenvalue weighted by molar-refractivity contribution is 0.111. The summed E-state index contributed by atoms with van der Waals surface area (Å²) in [6.07, 6.45) is 3.20. The van der Waals surface area contributed by atoms with E-state index in [4.69, 9.17) is 4.98 Å². The number of nitrogens with zero attached hydrogens (tertiary/aromatic N) is 3. The normalized spacial score (nSPS) is 14.9. The van der Waals surface area contributed by atoms with Crippen LogP contribution in [0.3, 0.4) is 0 Å². The van der Waals surface area contributed by atoms with E-state index >= 15 is 0 Å². The van der Waals surface area contributed by atoms with Crippen LogP contribution in [0.2, 0.25) is 0 Å². The largest absolute Gasteiger partial charge is 0.328 e. The number of carbonyl (C=O) groups excluding carboxylic acids is 1. The number of hydrogen-bond donors (Lipinski definition) is 0. The lowest BCUT2D eigenvalue weighted by Gasteiger charge is -2.10. The van der Waals surface area contributed by atoms with Gasteiger partial charge in [0.15, 0.2) is 6.29 Å². The minimum atomic E-state index is 0.480. The highest BCUT2D eigenvalue weighted by molar-refractivity contribution is 6.16.